The molecule has 1 rings (SSSR count). The van der Waals surface area contributed by atoms with E-state index in [0.717, 1.165) is 4.78 Å². The Hall–Kier alpha value is 1.49. The van der Waals surface area contributed by atoms with Crippen LogP contribution in [0.25, 0.3) is 0 Å². The van der Waals surface area contributed by atoms with Crippen LogP contribution in [0.15, 0.2) is 0 Å². The quantitative estimate of drug-likeness (QED) is 0.468. The minimum atomic E-state index is 0.663. The van der Waals surface area contributed by atoms with Crippen LogP contribution >= 0.6 is 31.9 Å². The highest BCUT2D eigenvalue weighted by atomic mass is 79.9. The van der Waals surface area contributed by atoms with Crippen LogP contribution in [0.4, 0.5) is 0 Å². The Kier molecular flexibility index (Phi) is 3.59. The molecule has 1 saturated carbocycles. The lowest BCUT2D eigenvalue weighted by atomic mass is 10.00. The van der Waals surface area contributed by atoms with Crippen molar-refractivity contribution in [1.82, 2.24) is 0 Å². The molecule has 3 atom stereocenters. The lowest BCUT2D eigenvalue weighted by Crippen LogP contribution is -2.24. The van der Waals surface area contributed by atoms with Gasteiger partial charge in [-0.1, -0.05) is 49.5 Å². The van der Waals surface area contributed by atoms with Crippen LogP contribution in [0, 0.1) is 0 Å². The molecule has 0 N–H and O–H groups in total. The highest BCUT2D eigenvalue weighted by Gasteiger charge is 2.24. The second-order valence-electron chi connectivity index (χ2n) is 2.56. The summed E-state index contributed by atoms with van der Waals surface area (Å²) >= 11 is 10.2. The predicted octanol–water partition coefficient (Wildman–Crippen LogP) is 2.65. The van der Waals surface area contributed by atoms with E-state index >= 15 is 0 Å². The largest absolute Gasteiger partial charge is 0.125 e. The zero-order valence-electron chi connectivity index (χ0n) is 5.19. The van der Waals surface area contributed by atoms with Gasteiger partial charge >= 0.3 is 0 Å². The maximum Gasteiger partial charge on any atom is 0.125 e. The van der Waals surface area contributed by atoms with E-state index in [4.69, 9.17) is 0 Å². The second-order valence-corrected chi connectivity index (χ2v) is 5.64. The van der Waals surface area contributed by atoms with Crippen LogP contribution in [0.2, 0.25) is 4.78 Å². The van der Waals surface area contributed by atoms with Crippen molar-refractivity contribution in [2.75, 3.05) is 0 Å². The third-order valence-corrected chi connectivity index (χ3v) is 6.14. The van der Waals surface area contributed by atoms with Gasteiger partial charge in [0, 0.05) is 9.65 Å². The molecule has 0 aromatic heterocycles. The standard InChI is InChI=1S/C6H9Br2.Al/c7-5-3-1-2-4-6(5)8;/h3,5-6H,1-2,4H2;. The molecule has 1 aliphatic carbocycles. The first-order valence-corrected chi connectivity index (χ1v) is 5.75. The summed E-state index contributed by atoms with van der Waals surface area (Å²) in [6.45, 7) is 0. The van der Waals surface area contributed by atoms with E-state index in [1.54, 1.807) is 0 Å². The molecule has 0 nitrogen and oxygen atoms in total. The van der Waals surface area contributed by atoms with Crippen molar-refractivity contribution < 1.29 is 0 Å². The van der Waals surface area contributed by atoms with Gasteiger partial charge in [-0.25, -0.2) is 0 Å². The summed E-state index contributed by atoms with van der Waals surface area (Å²) < 4.78 is 0.767. The molecule has 1 aliphatic rings. The van der Waals surface area contributed by atoms with Crippen LogP contribution < -0.4 is 0 Å². The van der Waals surface area contributed by atoms with E-state index in [9.17, 15) is 0 Å². The molecule has 2 radical (unpaired) electrons. The molecule has 1 fully saturated rings. The Morgan fingerprint density at radius 1 is 1.22 bits per heavy atom. The van der Waals surface area contributed by atoms with Crippen molar-refractivity contribution in [1.29, 1.82) is 0 Å². The number of halogens is 2. The lowest BCUT2D eigenvalue weighted by Gasteiger charge is -2.29. The van der Waals surface area contributed by atoms with Gasteiger partial charge in [-0.05, 0) is 6.42 Å². The van der Waals surface area contributed by atoms with Crippen molar-refractivity contribution in [3.05, 3.63) is 0 Å². The average molecular weight is 268 g/mol. The zero-order valence-corrected chi connectivity index (χ0v) is 9.51. The Labute approximate surface area is 81.5 Å². The summed E-state index contributed by atoms with van der Waals surface area (Å²) in [6, 6.07) is 0. The molecule has 0 aromatic rings. The van der Waals surface area contributed by atoms with Crippen molar-refractivity contribution in [2.24, 2.45) is 0 Å². The minimum Gasteiger partial charge on any atom is -0.0941 e. The summed E-state index contributed by atoms with van der Waals surface area (Å²) in [5, 5.41) is 0. The van der Waals surface area contributed by atoms with Gasteiger partial charge in [-0.3, -0.25) is 0 Å². The smallest absolute Gasteiger partial charge is 0.0941 e. The van der Waals surface area contributed by atoms with Crippen molar-refractivity contribution in [3.63, 3.8) is 0 Å². The fraction of sp³-hybridized carbons (Fsp3) is 1.00. The van der Waals surface area contributed by atoms with E-state index in [1.807, 2.05) is 0 Å². The summed E-state index contributed by atoms with van der Waals surface area (Å²) in [4.78, 5) is 1.35. The third-order valence-electron chi connectivity index (χ3n) is 1.77. The van der Waals surface area contributed by atoms with Gasteiger partial charge in [0.15, 0.2) is 0 Å². The van der Waals surface area contributed by atoms with Crippen LogP contribution in [0.5, 0.6) is 0 Å². The van der Waals surface area contributed by atoms with Crippen LogP contribution in [0.3, 0.4) is 0 Å². The molecular formula is C6H9AlBr2. The van der Waals surface area contributed by atoms with Gasteiger partial charge in [0.05, 0.1) is 0 Å². The first-order chi connectivity index (χ1) is 4.22. The first kappa shape index (κ1) is 8.59. The maximum absolute atomic E-state index is 3.65. The molecule has 0 saturated heterocycles. The minimum absolute atomic E-state index is 0.663. The van der Waals surface area contributed by atoms with Crippen molar-refractivity contribution in [2.45, 2.75) is 33.7 Å². The summed E-state index contributed by atoms with van der Waals surface area (Å²) in [5.74, 6) is 0. The predicted molar refractivity (Wildman–Crippen MR) is 48.8 cm³/mol. The Bertz CT molecular complexity index is 87.1. The molecular weight excluding hydrogens is 259 g/mol. The summed E-state index contributed by atoms with van der Waals surface area (Å²) in [6.07, 6.45) is 4.04. The molecule has 50 valence electrons. The van der Waals surface area contributed by atoms with Crippen molar-refractivity contribution in [3.8, 4) is 0 Å². The topological polar surface area (TPSA) is 0 Å². The molecule has 0 heterocycles. The van der Waals surface area contributed by atoms with Gasteiger partial charge in [-0.2, -0.15) is 0 Å². The molecule has 0 amide bonds. The highest BCUT2D eigenvalue weighted by Crippen LogP contribution is 2.36. The van der Waals surface area contributed by atoms with Crippen LogP contribution in [-0.2, 0) is 0 Å². The zero-order chi connectivity index (χ0) is 6.85. The number of alkyl halides is 2. The monoisotopic (exact) mass is 266 g/mol. The van der Waals surface area contributed by atoms with Gasteiger partial charge in [0.2, 0.25) is 0 Å². The molecule has 0 bridgehead atoms. The molecule has 3 heteroatoms. The molecule has 9 heavy (non-hydrogen) atoms. The lowest BCUT2D eigenvalue weighted by molar-refractivity contribution is 0.538. The highest BCUT2D eigenvalue weighted by molar-refractivity contribution is 9.12. The Morgan fingerprint density at radius 2 is 1.89 bits per heavy atom. The molecule has 3 unspecified atom stereocenters. The number of hydrogen-bond acceptors (Lipinski definition) is 0. The summed E-state index contributed by atoms with van der Waals surface area (Å²) in [7, 11) is 0. The van der Waals surface area contributed by atoms with E-state index in [2.05, 4.69) is 48.2 Å². The molecule has 0 aromatic carbocycles. The van der Waals surface area contributed by atoms with Crippen LogP contribution in [-0.4, -0.2) is 25.9 Å². The van der Waals surface area contributed by atoms with Crippen molar-refractivity contribution >= 4 is 48.2 Å². The van der Waals surface area contributed by atoms with E-state index in [1.165, 1.54) is 19.3 Å². The van der Waals surface area contributed by atoms with Crippen LogP contribution in [0.1, 0.15) is 19.3 Å². The van der Waals surface area contributed by atoms with Gasteiger partial charge < -0.3 is 0 Å². The average Bonchev–Trinajstić information content (AvgIpc) is 1.83. The molecule has 0 aliphatic heterocycles. The molecule has 0 spiro atoms. The van der Waals surface area contributed by atoms with E-state index in [-0.39, 0.29) is 0 Å². The third kappa shape index (κ3) is 2.22. The maximum atomic E-state index is 3.65. The Morgan fingerprint density at radius 3 is 2.33 bits per heavy atom. The second kappa shape index (κ2) is 3.76. The van der Waals surface area contributed by atoms with E-state index < -0.39 is 0 Å². The van der Waals surface area contributed by atoms with E-state index in [0.29, 0.717) is 9.65 Å². The summed E-state index contributed by atoms with van der Waals surface area (Å²) in [5.41, 5.74) is 0. The fourth-order valence-electron chi connectivity index (χ4n) is 1.14. The normalized spacial score (nSPS) is 44.9. The van der Waals surface area contributed by atoms with Gasteiger partial charge in [-0.15, -0.1) is 0 Å². The van der Waals surface area contributed by atoms with Gasteiger partial charge in [0.25, 0.3) is 0 Å². The number of rotatable bonds is 0. The SMILES string of the molecule is [Al][CH]1CCCC(Br)C1Br. The fourth-order valence-corrected chi connectivity index (χ4v) is 3.21. The first-order valence-electron chi connectivity index (χ1n) is 3.25. The van der Waals surface area contributed by atoms with Gasteiger partial charge in [0.1, 0.15) is 16.3 Å². The Balaban J connectivity index is 2.41. The number of hydrogen-bond donors (Lipinski definition) is 0.